The third-order valence-corrected chi connectivity index (χ3v) is 6.77. The number of hydrogen-bond donors (Lipinski definition) is 1. The maximum Gasteiger partial charge on any atom is 0.139 e. The summed E-state index contributed by atoms with van der Waals surface area (Å²) in [4.78, 5) is 12.4. The van der Waals surface area contributed by atoms with Gasteiger partial charge in [-0.1, -0.05) is 6.92 Å². The van der Waals surface area contributed by atoms with E-state index in [4.69, 9.17) is 4.74 Å². The average Bonchev–Trinajstić information content (AvgIpc) is 3.01. The van der Waals surface area contributed by atoms with Crippen molar-refractivity contribution in [2.75, 3.05) is 0 Å². The highest BCUT2D eigenvalue weighted by molar-refractivity contribution is 5.89. The number of ether oxygens (including phenoxy) is 1. The Balaban J connectivity index is 1.73. The van der Waals surface area contributed by atoms with Gasteiger partial charge < -0.3 is 9.84 Å². The zero-order valence-electron chi connectivity index (χ0n) is 13.0. The monoisotopic (exact) mass is 298 g/mol. The van der Waals surface area contributed by atoms with Gasteiger partial charge in [0.2, 0.25) is 0 Å². The summed E-state index contributed by atoms with van der Waals surface area (Å²) in [7, 11) is 0. The summed E-state index contributed by atoms with van der Waals surface area (Å²) in [5, 5.41) is 10.7. The topological polar surface area (TPSA) is 46.5 Å². The number of phenolic OH excluding ortho intramolecular Hbond substituents is 1. The van der Waals surface area contributed by atoms with E-state index in [0.29, 0.717) is 24.1 Å². The molecule has 2 aliphatic heterocycles. The number of Topliss-reactive ketones (excluding diaryl/α,β-unsaturated/α-hetero) is 1. The van der Waals surface area contributed by atoms with Crippen LogP contribution >= 0.6 is 0 Å². The highest BCUT2D eigenvalue weighted by Gasteiger charge is 2.51. The molecule has 22 heavy (non-hydrogen) atoms. The Bertz CT molecular complexity index is 692. The molecule has 116 valence electrons. The first-order valence-electron chi connectivity index (χ1n) is 8.64. The second-order valence-corrected chi connectivity index (χ2v) is 7.82. The van der Waals surface area contributed by atoms with Crippen molar-refractivity contribution in [3.63, 3.8) is 0 Å². The second kappa shape index (κ2) is 4.14. The van der Waals surface area contributed by atoms with Crippen LogP contribution in [0.25, 0.3) is 0 Å². The summed E-state index contributed by atoms with van der Waals surface area (Å²) in [6.07, 6.45) is 7.14. The maximum atomic E-state index is 12.4. The number of phenols is 1. The Morgan fingerprint density at radius 3 is 2.95 bits per heavy atom. The third kappa shape index (κ3) is 1.48. The SMILES string of the molecule is CC12CCc3c4c(cc(O)c3C1CCC2=O)CC1CCC4O1. The number of fused-ring (bicyclic) bond motifs is 8. The zero-order chi connectivity index (χ0) is 15.1. The molecule has 1 aromatic carbocycles. The van der Waals surface area contributed by atoms with Crippen molar-refractivity contribution in [2.45, 2.75) is 70.0 Å². The van der Waals surface area contributed by atoms with Gasteiger partial charge in [-0.25, -0.2) is 0 Å². The molecule has 4 aliphatic rings. The van der Waals surface area contributed by atoms with E-state index in [9.17, 15) is 9.90 Å². The summed E-state index contributed by atoms with van der Waals surface area (Å²) in [5.74, 6) is 1.02. The molecular formula is C19H22O3. The zero-order valence-corrected chi connectivity index (χ0v) is 13.0. The van der Waals surface area contributed by atoms with Crippen LogP contribution in [0.2, 0.25) is 0 Å². The lowest BCUT2D eigenvalue weighted by atomic mass is 9.64. The number of aromatic hydroxyl groups is 1. The maximum absolute atomic E-state index is 12.4. The minimum atomic E-state index is -0.257. The molecule has 1 saturated carbocycles. The van der Waals surface area contributed by atoms with Gasteiger partial charge in [0.25, 0.3) is 0 Å². The van der Waals surface area contributed by atoms with Crippen LogP contribution in [-0.4, -0.2) is 17.0 Å². The van der Waals surface area contributed by atoms with Gasteiger partial charge >= 0.3 is 0 Å². The first-order chi connectivity index (χ1) is 10.6. The van der Waals surface area contributed by atoms with E-state index in [0.717, 1.165) is 44.1 Å². The smallest absolute Gasteiger partial charge is 0.139 e. The summed E-state index contributed by atoms with van der Waals surface area (Å²) in [6, 6.07) is 1.98. The highest BCUT2D eigenvalue weighted by Crippen LogP contribution is 2.58. The molecule has 2 fully saturated rings. The van der Waals surface area contributed by atoms with Crippen LogP contribution in [0.5, 0.6) is 5.75 Å². The molecule has 1 N–H and O–H groups in total. The van der Waals surface area contributed by atoms with Gasteiger partial charge in [-0.05, 0) is 61.3 Å². The summed E-state index contributed by atoms with van der Waals surface area (Å²) in [5.41, 5.74) is 4.79. The normalized spacial score (nSPS) is 38.6. The third-order valence-electron chi connectivity index (χ3n) is 6.77. The van der Waals surface area contributed by atoms with Gasteiger partial charge in [0.1, 0.15) is 11.5 Å². The molecule has 2 aliphatic carbocycles. The van der Waals surface area contributed by atoms with Gasteiger partial charge in [-0.2, -0.15) is 0 Å². The lowest BCUT2D eigenvalue weighted by molar-refractivity contribution is -0.126. The van der Waals surface area contributed by atoms with Crippen molar-refractivity contribution in [2.24, 2.45) is 5.41 Å². The Hall–Kier alpha value is -1.35. The molecule has 0 aromatic heterocycles. The van der Waals surface area contributed by atoms with Crippen LogP contribution < -0.4 is 0 Å². The van der Waals surface area contributed by atoms with Gasteiger partial charge in [0.15, 0.2) is 0 Å². The first kappa shape index (κ1) is 13.1. The summed E-state index contributed by atoms with van der Waals surface area (Å²) >= 11 is 0. The molecule has 4 atom stereocenters. The van der Waals surface area contributed by atoms with Crippen molar-refractivity contribution < 1.29 is 14.6 Å². The average molecular weight is 298 g/mol. The number of carbonyl (C=O) groups is 1. The molecule has 5 rings (SSSR count). The van der Waals surface area contributed by atoms with E-state index in [1.807, 2.05) is 6.07 Å². The van der Waals surface area contributed by atoms with E-state index in [-0.39, 0.29) is 17.4 Å². The Morgan fingerprint density at radius 2 is 2.09 bits per heavy atom. The van der Waals surface area contributed by atoms with E-state index < -0.39 is 0 Å². The molecule has 1 saturated heterocycles. The lowest BCUT2D eigenvalue weighted by Gasteiger charge is -2.39. The molecule has 0 radical (unpaired) electrons. The Morgan fingerprint density at radius 1 is 1.23 bits per heavy atom. The van der Waals surface area contributed by atoms with Crippen LogP contribution in [-0.2, 0) is 22.4 Å². The molecular weight excluding hydrogens is 276 g/mol. The van der Waals surface area contributed by atoms with Crippen molar-refractivity contribution in [1.82, 2.24) is 0 Å². The first-order valence-corrected chi connectivity index (χ1v) is 8.64. The van der Waals surface area contributed by atoms with Crippen LogP contribution in [0.1, 0.15) is 73.3 Å². The van der Waals surface area contributed by atoms with Crippen molar-refractivity contribution in [3.05, 3.63) is 28.3 Å². The van der Waals surface area contributed by atoms with Crippen LogP contribution in [0.4, 0.5) is 0 Å². The summed E-state index contributed by atoms with van der Waals surface area (Å²) < 4.78 is 6.14. The van der Waals surface area contributed by atoms with E-state index in [1.54, 1.807) is 0 Å². The number of benzene rings is 1. The number of carbonyl (C=O) groups excluding carboxylic acids is 1. The van der Waals surface area contributed by atoms with Crippen LogP contribution in [0, 0.1) is 5.41 Å². The molecule has 3 heteroatoms. The van der Waals surface area contributed by atoms with Crippen LogP contribution in [0.15, 0.2) is 6.07 Å². The van der Waals surface area contributed by atoms with Crippen molar-refractivity contribution in [3.8, 4) is 5.75 Å². The predicted octanol–water partition coefficient (Wildman–Crippen LogP) is 3.57. The lowest BCUT2D eigenvalue weighted by Crippen LogP contribution is -2.34. The fourth-order valence-corrected chi connectivity index (χ4v) is 5.59. The highest BCUT2D eigenvalue weighted by atomic mass is 16.5. The van der Waals surface area contributed by atoms with Gasteiger partial charge in [-0.3, -0.25) is 4.79 Å². The van der Waals surface area contributed by atoms with Gasteiger partial charge in [0.05, 0.1) is 12.2 Å². The molecule has 4 unspecified atom stereocenters. The Kier molecular flexibility index (Phi) is 2.47. The molecule has 2 bridgehead atoms. The van der Waals surface area contributed by atoms with Crippen LogP contribution in [0.3, 0.4) is 0 Å². The second-order valence-electron chi connectivity index (χ2n) is 7.82. The van der Waals surface area contributed by atoms with Crippen molar-refractivity contribution >= 4 is 5.78 Å². The minimum Gasteiger partial charge on any atom is -0.508 e. The molecule has 1 aromatic rings. The van der Waals surface area contributed by atoms with E-state index in [1.165, 1.54) is 16.7 Å². The standard InChI is InChI=1S/C19H22O3/c1-19-7-6-12-17-10(8-11-2-4-15(17)22-11)9-14(20)18(12)13(19)3-5-16(19)21/h9,11,13,15,20H,2-8H2,1H3. The number of hydrogen-bond acceptors (Lipinski definition) is 3. The summed E-state index contributed by atoms with van der Waals surface area (Å²) in [6.45, 7) is 2.11. The quantitative estimate of drug-likeness (QED) is 0.796. The van der Waals surface area contributed by atoms with Gasteiger partial charge in [0, 0.05) is 23.3 Å². The molecule has 2 heterocycles. The van der Waals surface area contributed by atoms with E-state index >= 15 is 0 Å². The predicted molar refractivity (Wildman–Crippen MR) is 82.1 cm³/mol. The number of rotatable bonds is 0. The largest absolute Gasteiger partial charge is 0.508 e. The van der Waals surface area contributed by atoms with E-state index in [2.05, 4.69) is 6.92 Å². The van der Waals surface area contributed by atoms with Crippen molar-refractivity contribution in [1.29, 1.82) is 0 Å². The Labute approximate surface area is 130 Å². The molecule has 0 spiro atoms. The van der Waals surface area contributed by atoms with Gasteiger partial charge in [-0.15, -0.1) is 0 Å². The fourth-order valence-electron chi connectivity index (χ4n) is 5.59. The minimum absolute atomic E-state index is 0.202. The molecule has 3 nitrogen and oxygen atoms in total. The molecule has 0 amide bonds. The fraction of sp³-hybridized carbons (Fsp3) is 0.632. The number of ketones is 1.